The van der Waals surface area contributed by atoms with E-state index in [1.54, 1.807) is 0 Å². The van der Waals surface area contributed by atoms with Gasteiger partial charge >= 0.3 is 0 Å². The summed E-state index contributed by atoms with van der Waals surface area (Å²) in [5.41, 5.74) is 0. The molecule has 3 heteroatoms. The third kappa shape index (κ3) is 4.09. The van der Waals surface area contributed by atoms with Gasteiger partial charge in [0.05, 0.1) is 6.61 Å². The van der Waals surface area contributed by atoms with Crippen molar-refractivity contribution in [2.24, 2.45) is 5.92 Å². The molecule has 0 amide bonds. The Balaban J connectivity index is 2.41. The second kappa shape index (κ2) is 6.56. The van der Waals surface area contributed by atoms with Crippen molar-refractivity contribution >= 4 is 35.2 Å². The smallest absolute Gasteiger partial charge is 0.119 e. The van der Waals surface area contributed by atoms with E-state index in [-0.39, 0.29) is 0 Å². The minimum atomic E-state index is 0.553. The normalized spacial score (nSPS) is 12.5. The molecule has 1 rings (SSSR count). The van der Waals surface area contributed by atoms with Gasteiger partial charge in [0.2, 0.25) is 0 Å². The number of rotatable bonds is 5. The van der Waals surface area contributed by atoms with Crippen molar-refractivity contribution in [3.63, 3.8) is 0 Å². The molecule has 0 aliphatic heterocycles. The summed E-state index contributed by atoms with van der Waals surface area (Å²) in [5, 5.41) is 0. The predicted octanol–water partition coefficient (Wildman–Crippen LogP) is 3.63. The van der Waals surface area contributed by atoms with Gasteiger partial charge in [-0.3, -0.25) is 0 Å². The molecule has 78 valence electrons. The van der Waals surface area contributed by atoms with E-state index in [9.17, 15) is 0 Å². The zero-order valence-electron chi connectivity index (χ0n) is 8.24. The van der Waals surface area contributed by atoms with E-state index in [0.29, 0.717) is 5.92 Å². The Kier molecular flexibility index (Phi) is 5.70. The van der Waals surface area contributed by atoms with E-state index in [1.165, 1.54) is 3.57 Å². The van der Waals surface area contributed by atoms with Crippen LogP contribution in [0.4, 0.5) is 0 Å². The van der Waals surface area contributed by atoms with Crippen molar-refractivity contribution < 1.29 is 4.74 Å². The summed E-state index contributed by atoms with van der Waals surface area (Å²) in [4.78, 5) is 0. The number of halogens is 1. The molecule has 1 unspecified atom stereocenters. The van der Waals surface area contributed by atoms with E-state index in [0.717, 1.165) is 24.5 Å². The second-order valence-corrected chi connectivity index (χ2v) is 4.83. The van der Waals surface area contributed by atoms with Gasteiger partial charge in [-0.15, -0.1) is 0 Å². The maximum absolute atomic E-state index is 5.65. The highest BCUT2D eigenvalue weighted by Crippen LogP contribution is 2.15. The molecule has 0 saturated heterocycles. The summed E-state index contributed by atoms with van der Waals surface area (Å²) < 4.78 is 6.89. The SMILES string of the molecule is CCC(CS)COc1ccc(I)cc1. The van der Waals surface area contributed by atoms with Crippen molar-refractivity contribution in [3.05, 3.63) is 27.8 Å². The quantitative estimate of drug-likeness (QED) is 0.643. The molecule has 0 fully saturated rings. The highest BCUT2D eigenvalue weighted by atomic mass is 127. The van der Waals surface area contributed by atoms with Crippen LogP contribution in [0.25, 0.3) is 0 Å². The monoisotopic (exact) mass is 322 g/mol. The van der Waals surface area contributed by atoms with Gasteiger partial charge in [-0.1, -0.05) is 6.92 Å². The zero-order valence-corrected chi connectivity index (χ0v) is 11.3. The highest BCUT2D eigenvalue weighted by Gasteiger charge is 2.04. The van der Waals surface area contributed by atoms with Gasteiger partial charge in [-0.05, 0) is 59.0 Å². The zero-order chi connectivity index (χ0) is 10.4. The fourth-order valence-corrected chi connectivity index (χ4v) is 1.77. The van der Waals surface area contributed by atoms with Crippen molar-refractivity contribution in [1.29, 1.82) is 0 Å². The molecule has 0 aliphatic rings. The van der Waals surface area contributed by atoms with Crippen LogP contribution < -0.4 is 4.74 Å². The third-order valence-electron chi connectivity index (χ3n) is 2.13. The fraction of sp³-hybridized carbons (Fsp3) is 0.455. The number of thiol groups is 1. The van der Waals surface area contributed by atoms with Crippen molar-refractivity contribution in [3.8, 4) is 5.75 Å². The summed E-state index contributed by atoms with van der Waals surface area (Å²) in [6.07, 6.45) is 1.12. The summed E-state index contributed by atoms with van der Waals surface area (Å²) >= 11 is 6.56. The minimum Gasteiger partial charge on any atom is -0.493 e. The molecule has 0 saturated carbocycles. The van der Waals surface area contributed by atoms with Crippen molar-refractivity contribution in [1.82, 2.24) is 0 Å². The molecular formula is C11H15IOS. The molecule has 1 aromatic carbocycles. The maximum Gasteiger partial charge on any atom is 0.119 e. The Labute approximate surface area is 105 Å². The van der Waals surface area contributed by atoms with Gasteiger partial charge in [-0.2, -0.15) is 12.6 Å². The van der Waals surface area contributed by atoms with Crippen LogP contribution in [0, 0.1) is 9.49 Å². The molecular weight excluding hydrogens is 307 g/mol. The van der Waals surface area contributed by atoms with Gasteiger partial charge in [0.15, 0.2) is 0 Å². The first-order chi connectivity index (χ1) is 6.76. The number of hydrogen-bond acceptors (Lipinski definition) is 2. The van der Waals surface area contributed by atoms with Crippen molar-refractivity contribution in [2.75, 3.05) is 12.4 Å². The largest absolute Gasteiger partial charge is 0.493 e. The van der Waals surface area contributed by atoms with Crippen LogP contribution in [0.3, 0.4) is 0 Å². The summed E-state index contributed by atoms with van der Waals surface area (Å²) in [6.45, 7) is 2.93. The first-order valence-corrected chi connectivity index (χ1v) is 6.46. The molecule has 0 heterocycles. The summed E-state index contributed by atoms with van der Waals surface area (Å²) in [6, 6.07) is 8.12. The fourth-order valence-electron chi connectivity index (χ4n) is 1.04. The molecule has 0 spiro atoms. The molecule has 0 aromatic heterocycles. The number of benzene rings is 1. The van der Waals surface area contributed by atoms with E-state index >= 15 is 0 Å². The molecule has 1 nitrogen and oxygen atoms in total. The molecule has 1 atom stereocenters. The molecule has 0 bridgehead atoms. The lowest BCUT2D eigenvalue weighted by molar-refractivity contribution is 0.259. The van der Waals surface area contributed by atoms with Crippen LogP contribution in [0.15, 0.2) is 24.3 Å². The van der Waals surface area contributed by atoms with E-state index < -0.39 is 0 Å². The van der Waals surface area contributed by atoms with E-state index in [1.807, 2.05) is 12.1 Å². The van der Waals surface area contributed by atoms with Crippen molar-refractivity contribution in [2.45, 2.75) is 13.3 Å². The minimum absolute atomic E-state index is 0.553. The summed E-state index contributed by atoms with van der Waals surface area (Å²) in [5.74, 6) is 2.39. The lowest BCUT2D eigenvalue weighted by Crippen LogP contribution is -2.12. The van der Waals surface area contributed by atoms with Crippen LogP contribution in [0.5, 0.6) is 5.75 Å². The third-order valence-corrected chi connectivity index (χ3v) is 3.37. The molecule has 0 N–H and O–H groups in total. The average molecular weight is 322 g/mol. The predicted molar refractivity (Wildman–Crippen MR) is 72.3 cm³/mol. The first kappa shape index (κ1) is 12.2. The molecule has 0 aliphatic carbocycles. The molecule has 1 aromatic rings. The Morgan fingerprint density at radius 1 is 1.36 bits per heavy atom. The van der Waals surface area contributed by atoms with E-state index in [4.69, 9.17) is 4.74 Å². The lowest BCUT2D eigenvalue weighted by Gasteiger charge is -2.13. The van der Waals surface area contributed by atoms with Gasteiger partial charge in [0.25, 0.3) is 0 Å². The van der Waals surface area contributed by atoms with Gasteiger partial charge < -0.3 is 4.74 Å². The average Bonchev–Trinajstić information content (AvgIpc) is 2.22. The summed E-state index contributed by atoms with van der Waals surface area (Å²) in [7, 11) is 0. The lowest BCUT2D eigenvalue weighted by atomic mass is 10.1. The van der Waals surface area contributed by atoms with Crippen LogP contribution >= 0.6 is 35.2 Å². The number of ether oxygens (including phenoxy) is 1. The Morgan fingerprint density at radius 3 is 2.50 bits per heavy atom. The topological polar surface area (TPSA) is 9.23 Å². The maximum atomic E-state index is 5.65. The Morgan fingerprint density at radius 2 is 2.00 bits per heavy atom. The molecule has 0 radical (unpaired) electrons. The van der Waals surface area contributed by atoms with Crippen LogP contribution in [0.2, 0.25) is 0 Å². The Bertz CT molecular complexity index is 256. The van der Waals surface area contributed by atoms with Crippen LogP contribution in [-0.4, -0.2) is 12.4 Å². The van der Waals surface area contributed by atoms with Crippen LogP contribution in [-0.2, 0) is 0 Å². The first-order valence-electron chi connectivity index (χ1n) is 4.75. The van der Waals surface area contributed by atoms with Crippen LogP contribution in [0.1, 0.15) is 13.3 Å². The van der Waals surface area contributed by atoms with Gasteiger partial charge in [0, 0.05) is 9.49 Å². The van der Waals surface area contributed by atoms with E-state index in [2.05, 4.69) is 54.3 Å². The number of hydrogen-bond donors (Lipinski definition) is 1. The Hall–Kier alpha value is 0.1000. The second-order valence-electron chi connectivity index (χ2n) is 3.22. The standard InChI is InChI=1S/C11H15IOS/c1-2-9(8-14)7-13-11-5-3-10(12)4-6-11/h3-6,9,14H,2,7-8H2,1H3. The highest BCUT2D eigenvalue weighted by molar-refractivity contribution is 14.1. The van der Waals surface area contributed by atoms with Gasteiger partial charge in [0.1, 0.15) is 5.75 Å². The molecule has 14 heavy (non-hydrogen) atoms. The van der Waals surface area contributed by atoms with Gasteiger partial charge in [-0.25, -0.2) is 0 Å².